The van der Waals surface area contributed by atoms with Crippen LogP contribution in [-0.4, -0.2) is 93.1 Å². The van der Waals surface area contributed by atoms with Crippen LogP contribution in [0.4, 0.5) is 0 Å². The molecule has 0 bridgehead atoms. The minimum Gasteiger partial charge on any atom is -0.487 e. The van der Waals surface area contributed by atoms with Crippen LogP contribution in [0.5, 0.6) is 5.75 Å². The first-order valence-corrected chi connectivity index (χ1v) is 14.3. The number of rotatable bonds is 6. The van der Waals surface area contributed by atoms with Crippen LogP contribution >= 0.6 is 0 Å². The van der Waals surface area contributed by atoms with Crippen molar-refractivity contribution in [3.05, 3.63) is 23.8 Å². The first kappa shape index (κ1) is 28.5. The second kappa shape index (κ2) is 12.4. The van der Waals surface area contributed by atoms with Crippen molar-refractivity contribution < 1.29 is 23.1 Å². The molecule has 1 saturated carbocycles. The molecule has 1 fully saturated rings. The Bertz CT molecular complexity index is 1070. The molecule has 1 heterocycles. The number of likely N-dealkylation sites (N-methyl/N-ethyl adjacent to an activating group) is 1. The van der Waals surface area contributed by atoms with Gasteiger partial charge in [0.2, 0.25) is 15.9 Å². The monoisotopic (exact) mass is 519 g/mol. The number of amides is 1. The Labute approximate surface area is 216 Å². The standard InChI is InChI=1S/C27H41N3O5S/c1-20-17-30(21(2)19-31)36(33,34)26-14-13-22(10-9-15-28(3)4)16-24(26)35-25(20)18-29(5)27(32)23-11-7-6-8-12-23/h13-14,16,20-21,23,25,31H,6-8,11-12,15,17-19H2,1-5H3/t20-,21+,25-/m1/s1. The summed E-state index contributed by atoms with van der Waals surface area (Å²) in [4.78, 5) is 16.9. The van der Waals surface area contributed by atoms with E-state index in [1.165, 1.54) is 16.8 Å². The summed E-state index contributed by atoms with van der Waals surface area (Å²) in [6.45, 7) is 4.45. The lowest BCUT2D eigenvalue weighted by molar-refractivity contribution is -0.136. The van der Waals surface area contributed by atoms with Gasteiger partial charge >= 0.3 is 0 Å². The molecular weight excluding hydrogens is 478 g/mol. The summed E-state index contributed by atoms with van der Waals surface area (Å²) in [6, 6.07) is 4.30. The van der Waals surface area contributed by atoms with E-state index >= 15 is 0 Å². The van der Waals surface area contributed by atoms with Gasteiger partial charge < -0.3 is 14.7 Å². The second-order valence-electron chi connectivity index (χ2n) is 10.5. The van der Waals surface area contributed by atoms with E-state index in [2.05, 4.69) is 11.8 Å². The number of sulfonamides is 1. The average molecular weight is 520 g/mol. The zero-order chi connectivity index (χ0) is 26.5. The van der Waals surface area contributed by atoms with E-state index in [0.717, 1.165) is 25.7 Å². The first-order valence-electron chi connectivity index (χ1n) is 12.9. The minimum absolute atomic E-state index is 0.0461. The molecule has 0 radical (unpaired) electrons. The molecule has 2 aliphatic rings. The van der Waals surface area contributed by atoms with Crippen LogP contribution in [0.15, 0.2) is 23.1 Å². The van der Waals surface area contributed by atoms with E-state index in [9.17, 15) is 18.3 Å². The molecule has 1 N–H and O–H groups in total. The van der Waals surface area contributed by atoms with Crippen LogP contribution < -0.4 is 4.74 Å². The molecule has 3 atom stereocenters. The molecule has 9 heteroatoms. The van der Waals surface area contributed by atoms with E-state index in [4.69, 9.17) is 4.74 Å². The molecule has 0 spiro atoms. The number of carbonyl (C=O) groups excluding carboxylic acids is 1. The Hall–Kier alpha value is -2.12. The van der Waals surface area contributed by atoms with Crippen LogP contribution in [0.3, 0.4) is 0 Å². The zero-order valence-corrected chi connectivity index (χ0v) is 23.1. The van der Waals surface area contributed by atoms with Crippen LogP contribution in [0, 0.1) is 23.7 Å². The minimum atomic E-state index is -3.91. The molecule has 1 aliphatic heterocycles. The Morgan fingerprint density at radius 2 is 1.92 bits per heavy atom. The lowest BCUT2D eigenvalue weighted by Crippen LogP contribution is -2.50. The summed E-state index contributed by atoms with van der Waals surface area (Å²) in [5.41, 5.74) is 0.658. The Kier molecular flexibility index (Phi) is 9.81. The summed E-state index contributed by atoms with van der Waals surface area (Å²) >= 11 is 0. The zero-order valence-electron chi connectivity index (χ0n) is 22.2. The molecule has 1 aliphatic carbocycles. The number of hydrogen-bond donors (Lipinski definition) is 1. The molecule has 200 valence electrons. The van der Waals surface area contributed by atoms with Gasteiger partial charge in [0.15, 0.2) is 0 Å². The lowest BCUT2D eigenvalue weighted by atomic mass is 9.88. The van der Waals surface area contributed by atoms with Crippen LogP contribution in [0.2, 0.25) is 0 Å². The van der Waals surface area contributed by atoms with Crippen LogP contribution in [-0.2, 0) is 14.8 Å². The Morgan fingerprint density at radius 3 is 2.56 bits per heavy atom. The third-order valence-corrected chi connectivity index (χ3v) is 9.10. The molecule has 1 aromatic carbocycles. The van der Waals surface area contributed by atoms with Gasteiger partial charge in [0, 0.05) is 37.0 Å². The van der Waals surface area contributed by atoms with Gasteiger partial charge in [-0.25, -0.2) is 8.42 Å². The number of aliphatic hydroxyl groups is 1. The molecule has 8 nitrogen and oxygen atoms in total. The third kappa shape index (κ3) is 6.80. The van der Waals surface area contributed by atoms with Crippen molar-refractivity contribution in [2.45, 2.75) is 63.0 Å². The maximum absolute atomic E-state index is 13.6. The highest BCUT2D eigenvalue weighted by Crippen LogP contribution is 2.34. The van der Waals surface area contributed by atoms with Gasteiger partial charge in [-0.1, -0.05) is 38.0 Å². The number of ether oxygens (including phenoxy) is 1. The number of nitrogens with zero attached hydrogens (tertiary/aromatic N) is 3. The Balaban J connectivity index is 1.96. The highest BCUT2D eigenvalue weighted by molar-refractivity contribution is 7.89. The van der Waals surface area contributed by atoms with E-state index in [0.29, 0.717) is 18.7 Å². The van der Waals surface area contributed by atoms with Crippen molar-refractivity contribution in [3.8, 4) is 17.6 Å². The lowest BCUT2D eigenvalue weighted by Gasteiger charge is -2.38. The molecule has 0 aromatic heterocycles. The smallest absolute Gasteiger partial charge is 0.247 e. The molecule has 0 unspecified atom stereocenters. The van der Waals surface area contributed by atoms with E-state index in [1.54, 1.807) is 31.0 Å². The summed E-state index contributed by atoms with van der Waals surface area (Å²) in [5.74, 6) is 6.34. The van der Waals surface area contributed by atoms with Crippen molar-refractivity contribution in [3.63, 3.8) is 0 Å². The average Bonchev–Trinajstić information content (AvgIpc) is 2.85. The predicted molar refractivity (Wildman–Crippen MR) is 140 cm³/mol. The topological polar surface area (TPSA) is 90.4 Å². The van der Waals surface area contributed by atoms with Gasteiger partial charge in [0.05, 0.1) is 19.7 Å². The van der Waals surface area contributed by atoms with E-state index < -0.39 is 22.2 Å². The number of benzene rings is 1. The highest BCUT2D eigenvalue weighted by atomic mass is 32.2. The van der Waals surface area contributed by atoms with Crippen LogP contribution in [0.25, 0.3) is 0 Å². The first-order chi connectivity index (χ1) is 17.0. The number of fused-ring (bicyclic) bond motifs is 1. The van der Waals surface area contributed by atoms with Crippen LogP contribution in [0.1, 0.15) is 51.5 Å². The fourth-order valence-electron chi connectivity index (χ4n) is 4.84. The van der Waals surface area contributed by atoms with Gasteiger partial charge in [0.25, 0.3) is 0 Å². The summed E-state index contributed by atoms with van der Waals surface area (Å²) in [6.07, 6.45) is 4.76. The van der Waals surface area contributed by atoms with Crippen molar-refractivity contribution in [2.75, 3.05) is 47.4 Å². The van der Waals surface area contributed by atoms with Crippen molar-refractivity contribution >= 4 is 15.9 Å². The number of hydrogen-bond acceptors (Lipinski definition) is 6. The maximum atomic E-state index is 13.6. The molecule has 0 saturated heterocycles. The Morgan fingerprint density at radius 1 is 1.22 bits per heavy atom. The normalized spacial score (nSPS) is 23.4. The predicted octanol–water partition coefficient (Wildman–Crippen LogP) is 2.41. The number of carbonyl (C=O) groups is 1. The molecule has 3 rings (SSSR count). The van der Waals surface area contributed by atoms with Gasteiger partial charge in [-0.3, -0.25) is 9.69 Å². The summed E-state index contributed by atoms with van der Waals surface area (Å²) in [7, 11) is 1.75. The van der Waals surface area contributed by atoms with Gasteiger partial charge in [-0.2, -0.15) is 4.31 Å². The molecule has 36 heavy (non-hydrogen) atoms. The number of aliphatic hydroxyl groups excluding tert-OH is 1. The second-order valence-corrected chi connectivity index (χ2v) is 12.4. The van der Waals surface area contributed by atoms with Gasteiger partial charge in [0.1, 0.15) is 16.7 Å². The van der Waals surface area contributed by atoms with Crippen molar-refractivity contribution in [1.82, 2.24) is 14.1 Å². The SMILES string of the molecule is C[C@@H]1CN([C@@H](C)CO)S(=O)(=O)c2ccc(C#CCN(C)C)cc2O[C@@H]1CN(C)C(=O)C1CCCCC1. The quantitative estimate of drug-likeness (QED) is 0.581. The third-order valence-electron chi connectivity index (χ3n) is 7.08. The molecular formula is C27H41N3O5S. The van der Waals surface area contributed by atoms with Crippen molar-refractivity contribution in [2.24, 2.45) is 11.8 Å². The molecule has 1 aromatic rings. The van der Waals surface area contributed by atoms with Gasteiger partial charge in [-0.15, -0.1) is 0 Å². The fourth-order valence-corrected chi connectivity index (χ4v) is 6.67. The van der Waals surface area contributed by atoms with E-state index in [-0.39, 0.29) is 41.5 Å². The largest absolute Gasteiger partial charge is 0.487 e. The van der Waals surface area contributed by atoms with Crippen molar-refractivity contribution in [1.29, 1.82) is 0 Å². The maximum Gasteiger partial charge on any atom is 0.247 e. The summed E-state index contributed by atoms with van der Waals surface area (Å²) < 4.78 is 35.0. The highest BCUT2D eigenvalue weighted by Gasteiger charge is 2.38. The van der Waals surface area contributed by atoms with E-state index in [1.807, 2.05) is 25.9 Å². The molecule has 1 amide bonds. The summed E-state index contributed by atoms with van der Waals surface area (Å²) in [5, 5.41) is 9.82. The van der Waals surface area contributed by atoms with Gasteiger partial charge in [-0.05, 0) is 52.1 Å². The fraction of sp³-hybridized carbons (Fsp3) is 0.667.